The van der Waals surface area contributed by atoms with Crippen LogP contribution in [0.4, 0.5) is 4.79 Å². The fourth-order valence-electron chi connectivity index (χ4n) is 1.43. The van der Waals surface area contributed by atoms with Crippen LogP contribution < -0.4 is 5.73 Å². The van der Waals surface area contributed by atoms with E-state index >= 15 is 0 Å². The number of rotatable bonds is 5. The van der Waals surface area contributed by atoms with Crippen molar-refractivity contribution < 1.29 is 15.0 Å². The number of amides is 1. The fourth-order valence-corrected chi connectivity index (χ4v) is 1.43. The van der Waals surface area contributed by atoms with E-state index in [4.69, 9.17) is 15.9 Å². The molecule has 0 fully saturated rings. The molecule has 0 saturated heterocycles. The second kappa shape index (κ2) is 7.89. The number of halogens is 1. The van der Waals surface area contributed by atoms with Crippen LogP contribution in [0.2, 0.25) is 0 Å². The van der Waals surface area contributed by atoms with Gasteiger partial charge in [-0.3, -0.25) is 4.90 Å². The topological polar surface area (TPSA) is 86.8 Å². The quantitative estimate of drug-likeness (QED) is 0.734. The first-order chi connectivity index (χ1) is 7.69. The van der Waals surface area contributed by atoms with Crippen molar-refractivity contribution in [3.05, 3.63) is 35.9 Å². The lowest BCUT2D eigenvalue weighted by atomic mass is 10.2. The highest BCUT2D eigenvalue weighted by Gasteiger charge is 2.21. The Morgan fingerprint density at radius 1 is 1.35 bits per heavy atom. The van der Waals surface area contributed by atoms with Crippen molar-refractivity contribution >= 4 is 18.5 Å². The zero-order chi connectivity index (χ0) is 12.0. The van der Waals surface area contributed by atoms with E-state index < -0.39 is 12.1 Å². The third-order valence-corrected chi connectivity index (χ3v) is 2.37. The number of carboxylic acid groups (broad SMARTS) is 1. The number of aliphatic hydroxyl groups excluding tert-OH is 1. The summed E-state index contributed by atoms with van der Waals surface area (Å²) in [5, 5.41) is 18.1. The third-order valence-electron chi connectivity index (χ3n) is 2.37. The normalized spacial score (nSPS) is 11.4. The second-order valence-electron chi connectivity index (χ2n) is 3.47. The Kier molecular flexibility index (Phi) is 7.29. The van der Waals surface area contributed by atoms with Crippen LogP contribution in [0.1, 0.15) is 5.56 Å². The summed E-state index contributed by atoms with van der Waals surface area (Å²) in [5.41, 5.74) is 6.28. The highest BCUT2D eigenvalue weighted by Crippen LogP contribution is 2.08. The Bertz CT molecular complexity index is 331. The molecule has 0 radical (unpaired) electrons. The molecule has 0 aliphatic heterocycles. The van der Waals surface area contributed by atoms with Gasteiger partial charge in [0.15, 0.2) is 0 Å². The fraction of sp³-hybridized carbons (Fsp3) is 0.364. The van der Waals surface area contributed by atoms with Gasteiger partial charge in [-0.15, -0.1) is 12.4 Å². The van der Waals surface area contributed by atoms with E-state index in [9.17, 15) is 4.79 Å². The predicted molar refractivity (Wildman–Crippen MR) is 67.2 cm³/mol. The van der Waals surface area contributed by atoms with Gasteiger partial charge in [0.25, 0.3) is 0 Å². The zero-order valence-electron chi connectivity index (χ0n) is 9.32. The summed E-state index contributed by atoms with van der Waals surface area (Å²) in [6, 6.07) is 8.65. The van der Waals surface area contributed by atoms with Gasteiger partial charge in [-0.2, -0.15) is 0 Å². The summed E-state index contributed by atoms with van der Waals surface area (Å²) in [4.78, 5) is 12.2. The molecule has 96 valence electrons. The van der Waals surface area contributed by atoms with Crippen LogP contribution in [0, 0.1) is 0 Å². The summed E-state index contributed by atoms with van der Waals surface area (Å²) < 4.78 is 0. The summed E-state index contributed by atoms with van der Waals surface area (Å²) in [7, 11) is 0. The van der Waals surface area contributed by atoms with Crippen LogP contribution in [0.5, 0.6) is 0 Å². The lowest BCUT2D eigenvalue weighted by molar-refractivity contribution is 0.0961. The van der Waals surface area contributed by atoms with Crippen molar-refractivity contribution in [2.75, 3.05) is 13.2 Å². The standard InChI is InChI=1S/C11H16N2O3.ClH/c12-6-10(8-14)13(11(15)16)7-9-4-2-1-3-5-9;/h1-5,10,14H,6-8,12H2,(H,15,16);1H/t10-;/m0./s1. The molecule has 0 spiro atoms. The maximum absolute atomic E-state index is 11.0. The molecule has 0 aliphatic carbocycles. The summed E-state index contributed by atoms with van der Waals surface area (Å²) >= 11 is 0. The van der Waals surface area contributed by atoms with Crippen molar-refractivity contribution in [3.8, 4) is 0 Å². The first-order valence-corrected chi connectivity index (χ1v) is 5.03. The van der Waals surface area contributed by atoms with Gasteiger partial charge in [-0.05, 0) is 5.56 Å². The molecule has 0 unspecified atom stereocenters. The van der Waals surface area contributed by atoms with Crippen LogP contribution in [-0.4, -0.2) is 40.4 Å². The predicted octanol–water partition coefficient (Wildman–Crippen LogP) is 0.908. The number of nitrogens with two attached hydrogens (primary N) is 1. The molecule has 0 heterocycles. The van der Waals surface area contributed by atoms with Crippen LogP contribution in [0.15, 0.2) is 30.3 Å². The first-order valence-electron chi connectivity index (χ1n) is 5.03. The van der Waals surface area contributed by atoms with Crippen LogP contribution >= 0.6 is 12.4 Å². The molecule has 17 heavy (non-hydrogen) atoms. The molecule has 4 N–H and O–H groups in total. The van der Waals surface area contributed by atoms with E-state index in [2.05, 4.69) is 0 Å². The highest BCUT2D eigenvalue weighted by molar-refractivity contribution is 5.85. The summed E-state index contributed by atoms with van der Waals surface area (Å²) in [5.74, 6) is 0. The number of carbonyl (C=O) groups is 1. The van der Waals surface area contributed by atoms with Crippen LogP contribution in [0.25, 0.3) is 0 Å². The van der Waals surface area contributed by atoms with Gasteiger partial charge in [0.1, 0.15) is 0 Å². The summed E-state index contributed by atoms with van der Waals surface area (Å²) in [6.07, 6.45) is -1.08. The Balaban J connectivity index is 0.00000256. The smallest absolute Gasteiger partial charge is 0.407 e. The van der Waals surface area contributed by atoms with Crippen molar-refractivity contribution in [2.24, 2.45) is 5.73 Å². The molecule has 1 atom stereocenters. The van der Waals surface area contributed by atoms with Crippen molar-refractivity contribution in [3.63, 3.8) is 0 Å². The lowest BCUT2D eigenvalue weighted by Crippen LogP contribution is -2.45. The molecule has 1 rings (SSSR count). The van der Waals surface area contributed by atoms with Crippen molar-refractivity contribution in [2.45, 2.75) is 12.6 Å². The second-order valence-corrected chi connectivity index (χ2v) is 3.47. The molecule has 0 bridgehead atoms. The molecule has 0 saturated carbocycles. The minimum absolute atomic E-state index is 0. The summed E-state index contributed by atoms with van der Waals surface area (Å²) in [6.45, 7) is 0.0733. The van der Waals surface area contributed by atoms with Crippen molar-refractivity contribution in [1.82, 2.24) is 4.90 Å². The molecule has 1 aromatic rings. The minimum Gasteiger partial charge on any atom is -0.465 e. The Morgan fingerprint density at radius 2 is 1.94 bits per heavy atom. The van der Waals surface area contributed by atoms with E-state index in [1.807, 2.05) is 30.3 Å². The molecule has 1 amide bonds. The van der Waals surface area contributed by atoms with Gasteiger partial charge in [0.05, 0.1) is 12.6 Å². The molecule has 0 aromatic heterocycles. The average Bonchev–Trinajstić information content (AvgIpc) is 2.30. The number of aliphatic hydroxyl groups is 1. The molecule has 5 nitrogen and oxygen atoms in total. The monoisotopic (exact) mass is 260 g/mol. The molecule has 1 aromatic carbocycles. The Labute approximate surface area is 106 Å². The number of benzene rings is 1. The van der Waals surface area contributed by atoms with E-state index in [1.165, 1.54) is 0 Å². The average molecular weight is 261 g/mol. The van der Waals surface area contributed by atoms with E-state index in [1.54, 1.807) is 0 Å². The molecule has 0 aliphatic rings. The molecular formula is C11H17ClN2O3. The largest absolute Gasteiger partial charge is 0.465 e. The minimum atomic E-state index is -1.08. The van der Waals surface area contributed by atoms with Crippen LogP contribution in [-0.2, 0) is 6.54 Å². The van der Waals surface area contributed by atoms with Crippen molar-refractivity contribution in [1.29, 1.82) is 0 Å². The molecule has 6 heteroatoms. The Hall–Kier alpha value is -1.30. The van der Waals surface area contributed by atoms with E-state index in [0.29, 0.717) is 0 Å². The van der Waals surface area contributed by atoms with Gasteiger partial charge >= 0.3 is 6.09 Å². The highest BCUT2D eigenvalue weighted by atomic mass is 35.5. The maximum atomic E-state index is 11.0. The molecular weight excluding hydrogens is 244 g/mol. The van der Waals surface area contributed by atoms with Gasteiger partial charge in [0, 0.05) is 13.1 Å². The van der Waals surface area contributed by atoms with Crippen LogP contribution in [0.3, 0.4) is 0 Å². The van der Waals surface area contributed by atoms with E-state index in [0.717, 1.165) is 10.5 Å². The third kappa shape index (κ3) is 4.60. The number of hydrogen-bond acceptors (Lipinski definition) is 3. The first kappa shape index (κ1) is 15.7. The number of hydrogen-bond donors (Lipinski definition) is 3. The van der Waals surface area contributed by atoms with E-state index in [-0.39, 0.29) is 32.1 Å². The van der Waals surface area contributed by atoms with Gasteiger partial charge in [-0.25, -0.2) is 4.79 Å². The van der Waals surface area contributed by atoms with Gasteiger partial charge in [0.2, 0.25) is 0 Å². The maximum Gasteiger partial charge on any atom is 0.407 e. The zero-order valence-corrected chi connectivity index (χ0v) is 10.1. The van der Waals surface area contributed by atoms with Gasteiger partial charge in [-0.1, -0.05) is 30.3 Å². The SMILES string of the molecule is Cl.NC[C@@H](CO)N(Cc1ccccc1)C(=O)O. The lowest BCUT2D eigenvalue weighted by Gasteiger charge is -2.26. The van der Waals surface area contributed by atoms with Gasteiger partial charge < -0.3 is 15.9 Å². The number of nitrogens with zero attached hydrogens (tertiary/aromatic N) is 1. The Morgan fingerprint density at radius 3 is 2.35 bits per heavy atom.